The maximum atomic E-state index is 17.2. The fourth-order valence-corrected chi connectivity index (χ4v) is 8.71. The summed E-state index contributed by atoms with van der Waals surface area (Å²) in [6.45, 7) is 14.5. The molecule has 3 saturated heterocycles. The molecule has 2 amide bonds. The van der Waals surface area contributed by atoms with Gasteiger partial charge in [0.25, 0.3) is 0 Å². The van der Waals surface area contributed by atoms with Crippen molar-refractivity contribution in [2.24, 2.45) is 0 Å². The van der Waals surface area contributed by atoms with Gasteiger partial charge in [0.15, 0.2) is 10.9 Å². The number of alkyl halides is 1. The summed E-state index contributed by atoms with van der Waals surface area (Å²) in [4.78, 5) is 45.3. The Labute approximate surface area is 326 Å². The summed E-state index contributed by atoms with van der Waals surface area (Å²) < 4.78 is 63.7. The number of amides is 2. The molecule has 5 heterocycles. The number of ether oxygens (including phenoxy) is 3. The summed E-state index contributed by atoms with van der Waals surface area (Å²) in [7, 11) is 0. The number of carbonyl (C=O) groups excluding carboxylic acids is 2. The van der Waals surface area contributed by atoms with Gasteiger partial charge >= 0.3 is 18.2 Å². The fourth-order valence-electron chi connectivity index (χ4n) is 7.53. The lowest BCUT2D eigenvalue weighted by atomic mass is 10.0. The van der Waals surface area contributed by atoms with Crippen molar-refractivity contribution in [3.05, 3.63) is 34.9 Å². The molecule has 0 spiro atoms. The number of likely N-dealkylation sites (tertiary alicyclic amines) is 2. The zero-order chi connectivity index (χ0) is 39.6. The van der Waals surface area contributed by atoms with E-state index in [1.54, 1.807) is 31.7 Å². The number of rotatable bonds is 7. The molecule has 0 aliphatic carbocycles. The lowest BCUT2D eigenvalue weighted by Crippen LogP contribution is -2.56. The molecule has 7 rings (SSSR count). The first-order valence-electron chi connectivity index (χ1n) is 18.4. The quantitative estimate of drug-likeness (QED) is 0.195. The molecule has 4 atom stereocenters. The third-order valence-corrected chi connectivity index (χ3v) is 10.9. The van der Waals surface area contributed by atoms with Crippen LogP contribution in [0.4, 0.5) is 33.7 Å². The molecular weight excluding hydrogens is 759 g/mol. The van der Waals surface area contributed by atoms with Gasteiger partial charge in [-0.3, -0.25) is 10.2 Å². The zero-order valence-electron chi connectivity index (χ0n) is 31.8. The van der Waals surface area contributed by atoms with E-state index in [-0.39, 0.29) is 55.1 Å². The largest absolute Gasteiger partial charge is 0.459 e. The summed E-state index contributed by atoms with van der Waals surface area (Å²) in [5.41, 5.74) is -1.31. The van der Waals surface area contributed by atoms with Crippen LogP contribution in [0.15, 0.2) is 18.2 Å². The number of hydrogen-bond acceptors (Lipinski definition) is 11. The lowest BCUT2D eigenvalue weighted by molar-refractivity contribution is 0.0209. The van der Waals surface area contributed by atoms with Crippen molar-refractivity contribution in [2.45, 2.75) is 103 Å². The Morgan fingerprint density at radius 3 is 2.31 bits per heavy atom. The number of hydrogen-bond donors (Lipinski definition) is 1. The van der Waals surface area contributed by atoms with Crippen LogP contribution in [0.1, 0.15) is 67.7 Å². The van der Waals surface area contributed by atoms with Gasteiger partial charge in [-0.1, -0.05) is 22.9 Å². The Morgan fingerprint density at radius 1 is 0.982 bits per heavy atom. The average Bonchev–Trinajstić information content (AvgIpc) is 3.75. The molecule has 2 aromatic carbocycles. The topological polar surface area (TPSA) is 122 Å². The molecule has 4 unspecified atom stereocenters. The van der Waals surface area contributed by atoms with E-state index in [9.17, 15) is 14.0 Å². The highest BCUT2D eigenvalue weighted by atomic mass is 35.5. The van der Waals surface area contributed by atoms with Gasteiger partial charge in [-0.15, -0.1) is 0 Å². The number of aromatic nitrogens is 3. The van der Waals surface area contributed by atoms with Gasteiger partial charge in [-0.05, 0) is 85.9 Å². The van der Waals surface area contributed by atoms with Crippen molar-refractivity contribution in [3.8, 4) is 17.1 Å². The van der Waals surface area contributed by atoms with Gasteiger partial charge in [0.1, 0.15) is 40.6 Å². The highest BCUT2D eigenvalue weighted by Crippen LogP contribution is 2.45. The highest BCUT2D eigenvalue weighted by Gasteiger charge is 2.44. The number of thiazole rings is 1. The van der Waals surface area contributed by atoms with Gasteiger partial charge < -0.3 is 24.0 Å². The van der Waals surface area contributed by atoms with Crippen LogP contribution in [-0.2, 0) is 9.47 Å². The first-order chi connectivity index (χ1) is 25.8. The molecule has 12 nitrogen and oxygen atoms in total. The van der Waals surface area contributed by atoms with Crippen LogP contribution < -0.4 is 15.0 Å². The number of carbonyl (C=O) groups is 2. The van der Waals surface area contributed by atoms with Gasteiger partial charge in [0.05, 0.1) is 15.2 Å². The Morgan fingerprint density at radius 2 is 1.67 bits per heavy atom. The van der Waals surface area contributed by atoms with Crippen molar-refractivity contribution in [1.29, 1.82) is 0 Å². The van der Waals surface area contributed by atoms with E-state index >= 15 is 8.78 Å². The number of anilines is 2. The van der Waals surface area contributed by atoms with Crippen molar-refractivity contribution >= 4 is 67.2 Å². The standard InChI is InChI=1S/C38H45ClF3N7O5S/c1-19(15-47-13-12-20(40)16-47)52-33-43-29-24(32(45-33)49-21-8-9-22(49)18-48(17-21)36(51)54-38(5,6)7)14-25(39)27(28(29)42)23-10-11-26(41)31-30(23)44-34(55-31)46-35(50)53-37(2,3)4/h10-11,14,19-22H,8-9,12-13,15-18H2,1-7H3,(H,44,46,50). The normalized spacial score (nSPS) is 21.0. The van der Waals surface area contributed by atoms with Crippen LogP contribution in [0.5, 0.6) is 6.01 Å². The monoisotopic (exact) mass is 803 g/mol. The Hall–Kier alpha value is -4.15. The fraction of sp³-hybridized carbons (Fsp3) is 0.553. The summed E-state index contributed by atoms with van der Waals surface area (Å²) >= 11 is 7.82. The molecule has 2 bridgehead atoms. The third-order valence-electron chi connectivity index (χ3n) is 9.63. The number of fused-ring (bicyclic) bond motifs is 4. The van der Waals surface area contributed by atoms with E-state index in [2.05, 4.69) is 20.2 Å². The van der Waals surface area contributed by atoms with Crippen LogP contribution >= 0.6 is 22.9 Å². The van der Waals surface area contributed by atoms with Crippen molar-refractivity contribution in [3.63, 3.8) is 0 Å². The van der Waals surface area contributed by atoms with Crippen molar-refractivity contribution in [2.75, 3.05) is 42.9 Å². The summed E-state index contributed by atoms with van der Waals surface area (Å²) in [5.74, 6) is -1.01. The second-order valence-corrected chi connectivity index (χ2v) is 17.8. The summed E-state index contributed by atoms with van der Waals surface area (Å²) in [6.07, 6.45) is -0.576. The molecule has 17 heteroatoms. The van der Waals surface area contributed by atoms with E-state index in [1.165, 1.54) is 12.1 Å². The number of nitrogens with one attached hydrogen (secondary N) is 1. The number of benzene rings is 2. The maximum absolute atomic E-state index is 17.2. The second-order valence-electron chi connectivity index (χ2n) is 16.4. The number of piperazine rings is 1. The van der Waals surface area contributed by atoms with Gasteiger partial charge in [0.2, 0.25) is 0 Å². The molecule has 4 aromatic rings. The van der Waals surface area contributed by atoms with E-state index < -0.39 is 47.3 Å². The smallest absolute Gasteiger partial charge is 0.413 e. The van der Waals surface area contributed by atoms with Crippen LogP contribution in [0, 0.1) is 11.6 Å². The molecule has 0 radical (unpaired) electrons. The van der Waals surface area contributed by atoms with Crippen LogP contribution in [0.3, 0.4) is 0 Å². The minimum Gasteiger partial charge on any atom is -0.459 e. The van der Waals surface area contributed by atoms with E-state index in [4.69, 9.17) is 30.8 Å². The van der Waals surface area contributed by atoms with Crippen LogP contribution in [0.25, 0.3) is 32.2 Å². The van der Waals surface area contributed by atoms with Gasteiger partial charge in [-0.25, -0.2) is 27.7 Å². The Kier molecular flexibility index (Phi) is 10.5. The first-order valence-corrected chi connectivity index (χ1v) is 19.6. The summed E-state index contributed by atoms with van der Waals surface area (Å²) in [6, 6.07) is 3.77. The third kappa shape index (κ3) is 8.36. The molecule has 3 aliphatic rings. The average molecular weight is 804 g/mol. The molecular formula is C38H45ClF3N7O5S. The van der Waals surface area contributed by atoms with E-state index in [1.807, 2.05) is 32.6 Å². The predicted octanol–water partition coefficient (Wildman–Crippen LogP) is 8.58. The summed E-state index contributed by atoms with van der Waals surface area (Å²) in [5, 5.41) is 2.93. The zero-order valence-corrected chi connectivity index (χ0v) is 33.4. The molecule has 3 aliphatic heterocycles. The Balaban J connectivity index is 1.30. The van der Waals surface area contributed by atoms with E-state index in [0.29, 0.717) is 50.3 Å². The molecule has 2 aromatic heterocycles. The van der Waals surface area contributed by atoms with E-state index in [0.717, 1.165) is 24.2 Å². The molecule has 296 valence electrons. The molecule has 55 heavy (non-hydrogen) atoms. The molecule has 3 fully saturated rings. The highest BCUT2D eigenvalue weighted by molar-refractivity contribution is 7.22. The predicted molar refractivity (Wildman–Crippen MR) is 206 cm³/mol. The molecule has 1 N–H and O–H groups in total. The number of nitrogens with zero attached hydrogens (tertiary/aromatic N) is 6. The Bertz CT molecular complexity index is 2130. The SMILES string of the molecule is CC(CN1CCC(F)C1)Oc1nc(N2C3CCC2CN(C(=O)OC(C)(C)C)C3)c2cc(Cl)c(-c3ccc(F)c4sc(NC(=O)OC(C)(C)C)nc34)c(F)c2n1. The van der Waals surface area contributed by atoms with Gasteiger partial charge in [0, 0.05) is 61.3 Å². The molecule has 0 saturated carbocycles. The van der Waals surface area contributed by atoms with Crippen LogP contribution in [0.2, 0.25) is 5.02 Å². The second kappa shape index (κ2) is 14.7. The minimum atomic E-state index is -0.900. The first kappa shape index (κ1) is 39.1. The maximum Gasteiger partial charge on any atom is 0.413 e. The lowest BCUT2D eigenvalue weighted by Gasteiger charge is -2.42. The van der Waals surface area contributed by atoms with Gasteiger partial charge in [-0.2, -0.15) is 9.97 Å². The van der Waals surface area contributed by atoms with Crippen LogP contribution in [-0.4, -0.2) is 105 Å². The minimum absolute atomic E-state index is 0.00833. The van der Waals surface area contributed by atoms with Crippen molar-refractivity contribution in [1.82, 2.24) is 24.8 Å². The van der Waals surface area contributed by atoms with Crippen molar-refractivity contribution < 1.29 is 37.0 Å². The number of halogens is 4.